The quantitative estimate of drug-likeness (QED) is 0.904. The summed E-state index contributed by atoms with van der Waals surface area (Å²) in [4.78, 5) is 8.55. The number of halogens is 1. The van der Waals surface area contributed by atoms with Crippen molar-refractivity contribution in [2.24, 2.45) is 0 Å². The van der Waals surface area contributed by atoms with Gasteiger partial charge in [0.2, 0.25) is 0 Å². The Hall–Kier alpha value is -1.61. The third-order valence-electron chi connectivity index (χ3n) is 2.33. The van der Waals surface area contributed by atoms with Crippen LogP contribution in [0, 0.1) is 13.8 Å². The Labute approximate surface area is 106 Å². The summed E-state index contributed by atoms with van der Waals surface area (Å²) in [7, 11) is 0. The average Bonchev–Trinajstić information content (AvgIpc) is 2.25. The topological polar surface area (TPSA) is 37.8 Å². The number of rotatable bonds is 3. The van der Waals surface area contributed by atoms with Gasteiger partial charge in [0.05, 0.1) is 0 Å². The summed E-state index contributed by atoms with van der Waals surface area (Å²) in [6.07, 6.45) is 0. The number of anilines is 1. The molecular formula is C13H14ClN3. The minimum absolute atomic E-state index is 0.705. The first-order chi connectivity index (χ1) is 8.13. The van der Waals surface area contributed by atoms with Crippen molar-refractivity contribution in [3.63, 3.8) is 0 Å². The molecule has 3 nitrogen and oxygen atoms in total. The Bertz CT molecular complexity index is 506. The Morgan fingerprint density at radius 1 is 1.18 bits per heavy atom. The fourth-order valence-corrected chi connectivity index (χ4v) is 1.86. The van der Waals surface area contributed by atoms with Crippen LogP contribution < -0.4 is 5.32 Å². The fourth-order valence-electron chi connectivity index (χ4n) is 1.65. The molecule has 0 saturated heterocycles. The molecule has 0 aliphatic carbocycles. The van der Waals surface area contributed by atoms with Crippen LogP contribution in [0.4, 0.5) is 5.82 Å². The minimum atomic E-state index is 0.705. The number of nitrogens with zero attached hydrogens (tertiary/aromatic N) is 2. The highest BCUT2D eigenvalue weighted by Crippen LogP contribution is 2.12. The molecule has 1 aromatic heterocycles. The van der Waals surface area contributed by atoms with Crippen molar-refractivity contribution in [1.29, 1.82) is 0 Å². The summed E-state index contributed by atoms with van der Waals surface area (Å²) in [5.74, 6) is 1.62. The molecule has 2 rings (SSSR count). The number of benzene rings is 1. The standard InChI is InChI=1S/C13H14ClN3/c1-9-6-13(17-10(2)16-9)15-8-11-4-3-5-12(14)7-11/h3-7H,8H2,1-2H3,(H,15,16,17). The maximum Gasteiger partial charge on any atom is 0.130 e. The van der Waals surface area contributed by atoms with Crippen LogP contribution in [0.5, 0.6) is 0 Å². The molecule has 0 spiro atoms. The van der Waals surface area contributed by atoms with E-state index >= 15 is 0 Å². The zero-order valence-corrected chi connectivity index (χ0v) is 10.6. The van der Waals surface area contributed by atoms with Gasteiger partial charge in [-0.05, 0) is 31.5 Å². The molecule has 4 heteroatoms. The molecule has 1 aromatic carbocycles. The predicted octanol–water partition coefficient (Wildman–Crippen LogP) is 3.36. The summed E-state index contributed by atoms with van der Waals surface area (Å²) in [5.41, 5.74) is 2.09. The highest BCUT2D eigenvalue weighted by Gasteiger charge is 1.99. The van der Waals surface area contributed by atoms with E-state index in [4.69, 9.17) is 11.6 Å². The number of hydrogen-bond acceptors (Lipinski definition) is 3. The van der Waals surface area contributed by atoms with E-state index in [-0.39, 0.29) is 0 Å². The maximum atomic E-state index is 5.92. The van der Waals surface area contributed by atoms with E-state index in [1.165, 1.54) is 0 Å². The Kier molecular flexibility index (Phi) is 3.59. The molecule has 0 aliphatic heterocycles. The van der Waals surface area contributed by atoms with Crippen molar-refractivity contribution in [2.75, 3.05) is 5.32 Å². The highest BCUT2D eigenvalue weighted by molar-refractivity contribution is 6.30. The zero-order chi connectivity index (χ0) is 12.3. The van der Waals surface area contributed by atoms with Crippen molar-refractivity contribution < 1.29 is 0 Å². The van der Waals surface area contributed by atoms with Gasteiger partial charge in [0.15, 0.2) is 0 Å². The van der Waals surface area contributed by atoms with Crippen LogP contribution in [0.25, 0.3) is 0 Å². The maximum absolute atomic E-state index is 5.92. The molecular weight excluding hydrogens is 234 g/mol. The lowest BCUT2D eigenvalue weighted by molar-refractivity contribution is 0.992. The summed E-state index contributed by atoms with van der Waals surface area (Å²) < 4.78 is 0. The van der Waals surface area contributed by atoms with Gasteiger partial charge in [-0.1, -0.05) is 23.7 Å². The molecule has 0 aliphatic rings. The molecule has 1 heterocycles. The average molecular weight is 248 g/mol. The molecule has 0 amide bonds. The van der Waals surface area contributed by atoms with E-state index < -0.39 is 0 Å². The highest BCUT2D eigenvalue weighted by atomic mass is 35.5. The molecule has 0 bridgehead atoms. The lowest BCUT2D eigenvalue weighted by Crippen LogP contribution is -2.03. The smallest absolute Gasteiger partial charge is 0.130 e. The van der Waals surface area contributed by atoms with E-state index in [1.807, 2.05) is 44.2 Å². The van der Waals surface area contributed by atoms with E-state index in [0.717, 1.165) is 27.9 Å². The summed E-state index contributed by atoms with van der Waals surface area (Å²) in [6, 6.07) is 9.70. The summed E-state index contributed by atoms with van der Waals surface area (Å²) in [6.45, 7) is 4.55. The second kappa shape index (κ2) is 5.15. The Morgan fingerprint density at radius 2 is 2.00 bits per heavy atom. The molecule has 0 atom stereocenters. The van der Waals surface area contributed by atoms with Crippen LogP contribution in [0.1, 0.15) is 17.1 Å². The minimum Gasteiger partial charge on any atom is -0.366 e. The van der Waals surface area contributed by atoms with E-state index in [2.05, 4.69) is 15.3 Å². The van der Waals surface area contributed by atoms with Crippen LogP contribution in [-0.2, 0) is 6.54 Å². The zero-order valence-electron chi connectivity index (χ0n) is 9.87. The predicted molar refractivity (Wildman–Crippen MR) is 70.3 cm³/mol. The van der Waals surface area contributed by atoms with Gasteiger partial charge >= 0.3 is 0 Å². The first-order valence-corrected chi connectivity index (χ1v) is 5.82. The monoisotopic (exact) mass is 247 g/mol. The Balaban J connectivity index is 2.07. The SMILES string of the molecule is Cc1cc(NCc2cccc(Cl)c2)nc(C)n1. The summed E-state index contributed by atoms with van der Waals surface area (Å²) in [5, 5.41) is 4.01. The molecule has 88 valence electrons. The summed E-state index contributed by atoms with van der Waals surface area (Å²) >= 11 is 5.92. The first kappa shape index (κ1) is 11.9. The third-order valence-corrected chi connectivity index (χ3v) is 2.56. The van der Waals surface area contributed by atoms with Gasteiger partial charge in [-0.15, -0.1) is 0 Å². The van der Waals surface area contributed by atoms with Crippen molar-refractivity contribution in [3.8, 4) is 0 Å². The van der Waals surface area contributed by atoms with Crippen molar-refractivity contribution in [3.05, 3.63) is 52.4 Å². The molecule has 0 radical (unpaired) electrons. The molecule has 2 aromatic rings. The number of aryl methyl sites for hydroxylation is 2. The molecule has 0 saturated carbocycles. The molecule has 1 N–H and O–H groups in total. The lowest BCUT2D eigenvalue weighted by Gasteiger charge is -2.07. The van der Waals surface area contributed by atoms with Crippen molar-refractivity contribution in [2.45, 2.75) is 20.4 Å². The van der Waals surface area contributed by atoms with Crippen LogP contribution in [0.15, 0.2) is 30.3 Å². The van der Waals surface area contributed by atoms with Crippen LogP contribution in [-0.4, -0.2) is 9.97 Å². The van der Waals surface area contributed by atoms with Crippen LogP contribution in [0.2, 0.25) is 5.02 Å². The second-order valence-electron chi connectivity index (χ2n) is 3.93. The second-order valence-corrected chi connectivity index (χ2v) is 4.36. The van der Waals surface area contributed by atoms with Gasteiger partial charge in [0, 0.05) is 23.3 Å². The fraction of sp³-hybridized carbons (Fsp3) is 0.231. The molecule has 0 unspecified atom stereocenters. The van der Waals surface area contributed by atoms with Gasteiger partial charge in [0.1, 0.15) is 11.6 Å². The Morgan fingerprint density at radius 3 is 2.71 bits per heavy atom. The number of aromatic nitrogens is 2. The third kappa shape index (κ3) is 3.43. The van der Waals surface area contributed by atoms with Gasteiger partial charge < -0.3 is 5.32 Å². The number of nitrogens with one attached hydrogen (secondary N) is 1. The first-order valence-electron chi connectivity index (χ1n) is 5.44. The number of hydrogen-bond donors (Lipinski definition) is 1. The van der Waals surface area contributed by atoms with Crippen molar-refractivity contribution in [1.82, 2.24) is 9.97 Å². The van der Waals surface area contributed by atoms with E-state index in [0.29, 0.717) is 6.54 Å². The largest absolute Gasteiger partial charge is 0.366 e. The van der Waals surface area contributed by atoms with Crippen LogP contribution >= 0.6 is 11.6 Å². The molecule has 0 fully saturated rings. The van der Waals surface area contributed by atoms with Crippen LogP contribution in [0.3, 0.4) is 0 Å². The van der Waals surface area contributed by atoms with E-state index in [9.17, 15) is 0 Å². The van der Waals surface area contributed by atoms with Crippen molar-refractivity contribution >= 4 is 17.4 Å². The van der Waals surface area contributed by atoms with Gasteiger partial charge in [-0.2, -0.15) is 0 Å². The van der Waals surface area contributed by atoms with Gasteiger partial charge in [-0.25, -0.2) is 9.97 Å². The van der Waals surface area contributed by atoms with Gasteiger partial charge in [0.25, 0.3) is 0 Å². The van der Waals surface area contributed by atoms with E-state index in [1.54, 1.807) is 0 Å². The van der Waals surface area contributed by atoms with Gasteiger partial charge in [-0.3, -0.25) is 0 Å². The lowest BCUT2D eigenvalue weighted by atomic mass is 10.2. The molecule has 17 heavy (non-hydrogen) atoms. The normalized spacial score (nSPS) is 10.3.